The van der Waals surface area contributed by atoms with Crippen LogP contribution in [0.25, 0.3) is 0 Å². The Hall–Kier alpha value is -0.980. The molecular formula is C10H15FN2O2S. The summed E-state index contributed by atoms with van der Waals surface area (Å²) in [5.74, 6) is -0.761. The van der Waals surface area contributed by atoms with Crippen molar-refractivity contribution in [3.63, 3.8) is 0 Å². The van der Waals surface area contributed by atoms with E-state index in [1.807, 2.05) is 0 Å². The van der Waals surface area contributed by atoms with Crippen LogP contribution in [0.5, 0.6) is 0 Å². The molecule has 0 saturated carbocycles. The quantitative estimate of drug-likeness (QED) is 0.859. The minimum Gasteiger partial charge on any atom is -0.326 e. The Morgan fingerprint density at radius 2 is 2.06 bits per heavy atom. The molecule has 0 bridgehead atoms. The fourth-order valence-corrected chi connectivity index (χ4v) is 2.44. The van der Waals surface area contributed by atoms with Gasteiger partial charge in [0.25, 0.3) is 0 Å². The minimum atomic E-state index is -3.73. The van der Waals surface area contributed by atoms with E-state index >= 15 is 0 Å². The van der Waals surface area contributed by atoms with Gasteiger partial charge in [-0.25, -0.2) is 17.1 Å². The smallest absolute Gasteiger partial charge is 0.245 e. The van der Waals surface area contributed by atoms with E-state index in [2.05, 4.69) is 0 Å². The summed E-state index contributed by atoms with van der Waals surface area (Å²) >= 11 is 0. The molecule has 4 nitrogen and oxygen atoms in total. The standard InChI is InChI=1S/C10H15FN2O2S/c1-3-13(2)16(14,15)10-5-4-8(7-12)6-9(10)11/h4-6H,3,7,12H2,1-2H3. The summed E-state index contributed by atoms with van der Waals surface area (Å²) in [6.07, 6.45) is 0. The number of benzene rings is 1. The zero-order chi connectivity index (χ0) is 12.3. The van der Waals surface area contributed by atoms with Crippen LogP contribution in [0.15, 0.2) is 23.1 Å². The third kappa shape index (κ3) is 2.40. The molecular weight excluding hydrogens is 231 g/mol. The van der Waals surface area contributed by atoms with Crippen molar-refractivity contribution in [3.05, 3.63) is 29.6 Å². The van der Waals surface area contributed by atoms with Gasteiger partial charge in [0.2, 0.25) is 10.0 Å². The number of hydrogen-bond acceptors (Lipinski definition) is 3. The Balaban J connectivity index is 3.24. The van der Waals surface area contributed by atoms with E-state index in [0.717, 1.165) is 10.4 Å². The molecule has 1 aromatic rings. The Morgan fingerprint density at radius 1 is 1.44 bits per heavy atom. The van der Waals surface area contributed by atoms with E-state index in [1.165, 1.54) is 19.2 Å². The largest absolute Gasteiger partial charge is 0.326 e. The van der Waals surface area contributed by atoms with Crippen molar-refractivity contribution in [1.29, 1.82) is 0 Å². The monoisotopic (exact) mass is 246 g/mol. The van der Waals surface area contributed by atoms with Crippen molar-refractivity contribution in [2.45, 2.75) is 18.4 Å². The molecule has 0 heterocycles. The zero-order valence-electron chi connectivity index (χ0n) is 9.27. The summed E-state index contributed by atoms with van der Waals surface area (Å²) in [4.78, 5) is -0.311. The molecule has 0 saturated heterocycles. The van der Waals surface area contributed by atoms with Gasteiger partial charge in [0.05, 0.1) is 0 Å². The molecule has 0 radical (unpaired) electrons. The van der Waals surface area contributed by atoms with Gasteiger partial charge in [0.1, 0.15) is 10.7 Å². The molecule has 0 spiro atoms. The summed E-state index contributed by atoms with van der Waals surface area (Å²) in [7, 11) is -2.32. The van der Waals surface area contributed by atoms with Crippen LogP contribution in [-0.2, 0) is 16.6 Å². The molecule has 1 rings (SSSR count). The van der Waals surface area contributed by atoms with Crippen LogP contribution in [0.4, 0.5) is 4.39 Å². The van der Waals surface area contributed by atoms with Gasteiger partial charge in [0, 0.05) is 20.1 Å². The SMILES string of the molecule is CCN(C)S(=O)(=O)c1ccc(CN)cc1F. The fourth-order valence-electron chi connectivity index (χ4n) is 1.22. The normalized spacial score (nSPS) is 12.1. The van der Waals surface area contributed by atoms with E-state index in [0.29, 0.717) is 12.1 Å². The molecule has 0 aliphatic heterocycles. The van der Waals surface area contributed by atoms with Crippen LogP contribution in [0.1, 0.15) is 12.5 Å². The summed E-state index contributed by atoms with van der Waals surface area (Å²) in [5.41, 5.74) is 5.90. The lowest BCUT2D eigenvalue weighted by Gasteiger charge is -2.15. The average Bonchev–Trinajstić information content (AvgIpc) is 2.27. The predicted molar refractivity (Wildman–Crippen MR) is 59.8 cm³/mol. The first-order valence-corrected chi connectivity index (χ1v) is 6.32. The van der Waals surface area contributed by atoms with Crippen LogP contribution in [0.3, 0.4) is 0 Å². The first-order valence-electron chi connectivity index (χ1n) is 4.88. The highest BCUT2D eigenvalue weighted by Crippen LogP contribution is 2.19. The predicted octanol–water partition coefficient (Wildman–Crippen LogP) is 0.925. The van der Waals surface area contributed by atoms with Crippen LogP contribution >= 0.6 is 0 Å². The fraction of sp³-hybridized carbons (Fsp3) is 0.400. The maximum Gasteiger partial charge on any atom is 0.245 e. The molecule has 0 aliphatic rings. The van der Waals surface area contributed by atoms with Gasteiger partial charge < -0.3 is 5.73 Å². The van der Waals surface area contributed by atoms with Gasteiger partial charge in [-0.2, -0.15) is 0 Å². The first kappa shape index (κ1) is 13.1. The molecule has 0 unspecified atom stereocenters. The third-order valence-corrected chi connectivity index (χ3v) is 4.33. The molecule has 16 heavy (non-hydrogen) atoms. The lowest BCUT2D eigenvalue weighted by molar-refractivity contribution is 0.477. The zero-order valence-corrected chi connectivity index (χ0v) is 10.1. The summed E-state index contributed by atoms with van der Waals surface area (Å²) in [6.45, 7) is 2.16. The van der Waals surface area contributed by atoms with E-state index in [4.69, 9.17) is 5.73 Å². The molecule has 2 N–H and O–H groups in total. The number of hydrogen-bond donors (Lipinski definition) is 1. The van der Waals surface area contributed by atoms with Gasteiger partial charge in [-0.05, 0) is 17.7 Å². The summed E-state index contributed by atoms with van der Waals surface area (Å²) < 4.78 is 38.3. The second kappa shape index (κ2) is 4.90. The topological polar surface area (TPSA) is 63.4 Å². The molecule has 1 aromatic carbocycles. The second-order valence-electron chi connectivity index (χ2n) is 3.39. The van der Waals surface area contributed by atoms with E-state index < -0.39 is 15.8 Å². The molecule has 6 heteroatoms. The van der Waals surface area contributed by atoms with Crippen LogP contribution in [0, 0.1) is 5.82 Å². The highest BCUT2D eigenvalue weighted by molar-refractivity contribution is 7.89. The molecule has 0 fully saturated rings. The molecule has 0 atom stereocenters. The van der Waals surface area contributed by atoms with Crippen molar-refractivity contribution >= 4 is 10.0 Å². The minimum absolute atomic E-state index is 0.181. The lowest BCUT2D eigenvalue weighted by Crippen LogP contribution is -2.27. The van der Waals surface area contributed by atoms with Gasteiger partial charge in [-0.3, -0.25) is 0 Å². The van der Waals surface area contributed by atoms with E-state index in [9.17, 15) is 12.8 Å². The second-order valence-corrected chi connectivity index (χ2v) is 5.40. The summed E-state index contributed by atoms with van der Waals surface area (Å²) in [6, 6.07) is 3.91. The number of nitrogens with zero attached hydrogens (tertiary/aromatic N) is 1. The van der Waals surface area contributed by atoms with Gasteiger partial charge in [-0.15, -0.1) is 0 Å². The van der Waals surface area contributed by atoms with Crippen molar-refractivity contribution in [3.8, 4) is 0 Å². The van der Waals surface area contributed by atoms with Crippen molar-refractivity contribution in [2.75, 3.05) is 13.6 Å². The third-order valence-electron chi connectivity index (χ3n) is 2.37. The van der Waals surface area contributed by atoms with Gasteiger partial charge in [-0.1, -0.05) is 13.0 Å². The van der Waals surface area contributed by atoms with Gasteiger partial charge in [0.15, 0.2) is 0 Å². The average molecular weight is 246 g/mol. The Kier molecular flexibility index (Phi) is 4.01. The van der Waals surface area contributed by atoms with Crippen LogP contribution < -0.4 is 5.73 Å². The highest BCUT2D eigenvalue weighted by atomic mass is 32.2. The summed E-state index contributed by atoms with van der Waals surface area (Å²) in [5, 5.41) is 0. The van der Waals surface area contributed by atoms with Crippen molar-refractivity contribution in [1.82, 2.24) is 4.31 Å². The first-order chi connectivity index (χ1) is 7.43. The lowest BCUT2D eigenvalue weighted by atomic mass is 10.2. The van der Waals surface area contributed by atoms with Crippen molar-refractivity contribution in [2.24, 2.45) is 5.73 Å². The van der Waals surface area contributed by atoms with Crippen LogP contribution in [0.2, 0.25) is 0 Å². The Labute approximate surface area is 94.9 Å². The number of rotatable bonds is 4. The van der Waals surface area contributed by atoms with Crippen molar-refractivity contribution < 1.29 is 12.8 Å². The molecule has 0 amide bonds. The maximum absolute atomic E-state index is 13.6. The Morgan fingerprint density at radius 3 is 2.50 bits per heavy atom. The number of nitrogens with two attached hydrogens (primary N) is 1. The number of sulfonamides is 1. The van der Waals surface area contributed by atoms with E-state index in [-0.39, 0.29) is 11.4 Å². The molecule has 90 valence electrons. The maximum atomic E-state index is 13.6. The van der Waals surface area contributed by atoms with Gasteiger partial charge >= 0.3 is 0 Å². The molecule has 0 aromatic heterocycles. The Bertz CT molecular complexity index is 474. The molecule has 0 aliphatic carbocycles. The highest BCUT2D eigenvalue weighted by Gasteiger charge is 2.23. The van der Waals surface area contributed by atoms with Crippen LogP contribution in [-0.4, -0.2) is 26.3 Å². The number of halogens is 1. The van der Waals surface area contributed by atoms with E-state index in [1.54, 1.807) is 6.92 Å².